The summed E-state index contributed by atoms with van der Waals surface area (Å²) in [5.41, 5.74) is 17.0. The number of aliphatic carboxylic acids is 1. The van der Waals surface area contributed by atoms with Gasteiger partial charge in [-0.1, -0.05) is 20.3 Å². The van der Waals surface area contributed by atoms with E-state index in [9.17, 15) is 24.3 Å². The van der Waals surface area contributed by atoms with Crippen molar-refractivity contribution < 1.29 is 29.4 Å². The van der Waals surface area contributed by atoms with E-state index in [-0.39, 0.29) is 24.7 Å². The maximum Gasteiger partial charge on any atom is 0.328 e. The number of H-pyrrole nitrogens is 1. The summed E-state index contributed by atoms with van der Waals surface area (Å²) in [5, 5.41) is 25.8. The van der Waals surface area contributed by atoms with Crippen LogP contribution < -0.4 is 33.2 Å². The quantitative estimate of drug-likeness (QED) is 0.0613. The molecule has 15 heteroatoms. The minimum absolute atomic E-state index is 0.0409. The van der Waals surface area contributed by atoms with Crippen molar-refractivity contribution in [1.82, 2.24) is 25.9 Å². The Labute approximate surface area is 208 Å². The van der Waals surface area contributed by atoms with Crippen molar-refractivity contribution in [2.75, 3.05) is 13.2 Å². The van der Waals surface area contributed by atoms with Crippen molar-refractivity contribution in [3.8, 4) is 0 Å². The Kier molecular flexibility index (Phi) is 12.9. The fraction of sp³-hybridized carbons (Fsp3) is 0.619. The van der Waals surface area contributed by atoms with E-state index in [2.05, 4.69) is 30.9 Å². The van der Waals surface area contributed by atoms with Crippen molar-refractivity contribution >= 4 is 29.7 Å². The molecule has 0 saturated heterocycles. The maximum atomic E-state index is 13.2. The van der Waals surface area contributed by atoms with Crippen LogP contribution in [0.4, 0.5) is 0 Å². The molecular formula is C21H37N9O6. The van der Waals surface area contributed by atoms with E-state index in [1.807, 2.05) is 6.92 Å². The second-order valence-electron chi connectivity index (χ2n) is 8.35. The highest BCUT2D eigenvalue weighted by Crippen LogP contribution is 2.10. The lowest BCUT2D eigenvalue weighted by atomic mass is 9.97. The lowest BCUT2D eigenvalue weighted by Crippen LogP contribution is -2.59. The molecule has 0 aliphatic rings. The fourth-order valence-electron chi connectivity index (χ4n) is 3.16. The molecule has 0 aliphatic heterocycles. The van der Waals surface area contributed by atoms with E-state index in [0.29, 0.717) is 25.1 Å². The summed E-state index contributed by atoms with van der Waals surface area (Å²) < 4.78 is 0. The van der Waals surface area contributed by atoms with E-state index in [0.717, 1.165) is 0 Å². The minimum atomic E-state index is -1.55. The summed E-state index contributed by atoms with van der Waals surface area (Å²) in [6.45, 7) is 3.05. The molecule has 36 heavy (non-hydrogen) atoms. The summed E-state index contributed by atoms with van der Waals surface area (Å²) in [4.78, 5) is 60.4. The predicted octanol–water partition coefficient (Wildman–Crippen LogP) is -3.09. The second kappa shape index (κ2) is 15.3. The number of nitrogens with zero attached hydrogens (tertiary/aromatic N) is 2. The number of carbonyl (C=O) groups excluding carboxylic acids is 3. The Hall–Kier alpha value is -3.72. The SMILES string of the molecule is CCC(C)C(NC(=O)C(N)CCCN=C(N)N)C(=O)NC(Cc1cnc[nH]1)C(=O)NC(CO)C(=O)O. The molecule has 12 N–H and O–H groups in total. The van der Waals surface area contributed by atoms with Crippen molar-refractivity contribution in [1.29, 1.82) is 0 Å². The highest BCUT2D eigenvalue weighted by molar-refractivity contribution is 5.94. The molecule has 0 bridgehead atoms. The van der Waals surface area contributed by atoms with E-state index in [4.69, 9.17) is 22.3 Å². The summed E-state index contributed by atoms with van der Waals surface area (Å²) in [7, 11) is 0. The molecule has 0 aliphatic carbocycles. The molecule has 202 valence electrons. The number of imidazole rings is 1. The van der Waals surface area contributed by atoms with Gasteiger partial charge in [-0.15, -0.1) is 0 Å². The molecule has 0 radical (unpaired) electrons. The molecule has 5 atom stereocenters. The number of guanidine groups is 1. The maximum absolute atomic E-state index is 13.2. The number of nitrogens with one attached hydrogen (secondary N) is 4. The zero-order valence-corrected chi connectivity index (χ0v) is 20.4. The van der Waals surface area contributed by atoms with Crippen LogP contribution in [0.3, 0.4) is 0 Å². The van der Waals surface area contributed by atoms with Crippen LogP contribution in [0.5, 0.6) is 0 Å². The first-order valence-electron chi connectivity index (χ1n) is 11.5. The van der Waals surface area contributed by atoms with Gasteiger partial charge in [-0.2, -0.15) is 0 Å². The van der Waals surface area contributed by atoms with Gasteiger partial charge in [0.2, 0.25) is 17.7 Å². The number of carbonyl (C=O) groups is 4. The number of amides is 3. The van der Waals surface area contributed by atoms with Gasteiger partial charge in [0.05, 0.1) is 19.0 Å². The lowest BCUT2D eigenvalue weighted by Gasteiger charge is -2.27. The minimum Gasteiger partial charge on any atom is -0.480 e. The van der Waals surface area contributed by atoms with Crippen LogP contribution in [0.2, 0.25) is 0 Å². The van der Waals surface area contributed by atoms with Gasteiger partial charge < -0.3 is 48.3 Å². The van der Waals surface area contributed by atoms with E-state index in [1.54, 1.807) is 6.92 Å². The summed E-state index contributed by atoms with van der Waals surface area (Å²) in [6.07, 6.45) is 4.05. The molecule has 15 nitrogen and oxygen atoms in total. The molecule has 0 saturated carbocycles. The first-order chi connectivity index (χ1) is 17.0. The molecule has 1 heterocycles. The molecule has 0 aromatic carbocycles. The highest BCUT2D eigenvalue weighted by atomic mass is 16.4. The Balaban J connectivity index is 2.96. The lowest BCUT2D eigenvalue weighted by molar-refractivity contribution is -0.143. The number of hydrogen-bond acceptors (Lipinski definition) is 8. The van der Waals surface area contributed by atoms with Crippen molar-refractivity contribution in [2.45, 2.75) is 63.7 Å². The number of hydrogen-bond donors (Lipinski definition) is 9. The van der Waals surface area contributed by atoms with Crippen LogP contribution in [-0.2, 0) is 25.6 Å². The Morgan fingerprint density at radius 1 is 1.11 bits per heavy atom. The van der Waals surface area contributed by atoms with E-state index < -0.39 is 54.5 Å². The van der Waals surface area contributed by atoms with Crippen LogP contribution >= 0.6 is 0 Å². The largest absolute Gasteiger partial charge is 0.480 e. The number of rotatable bonds is 16. The Morgan fingerprint density at radius 2 is 1.78 bits per heavy atom. The molecule has 1 aromatic heterocycles. The monoisotopic (exact) mass is 511 g/mol. The third-order valence-electron chi connectivity index (χ3n) is 5.51. The standard InChI is InChI=1S/C21H37N9O6/c1-3-11(2)16(30-17(32)13(22)5-4-6-26-21(23)24)19(34)28-14(7-12-8-25-10-27-12)18(33)29-15(9-31)20(35)36/h8,10-11,13-16,31H,3-7,9,22H2,1-2H3,(H,25,27)(H,28,34)(H,29,33)(H,30,32)(H,35,36)(H4,23,24,26). The number of aliphatic hydroxyl groups is 1. The Morgan fingerprint density at radius 3 is 2.31 bits per heavy atom. The second-order valence-corrected chi connectivity index (χ2v) is 8.35. The third kappa shape index (κ3) is 10.3. The highest BCUT2D eigenvalue weighted by Gasteiger charge is 2.32. The van der Waals surface area contributed by atoms with Crippen LogP contribution in [0.25, 0.3) is 0 Å². The third-order valence-corrected chi connectivity index (χ3v) is 5.51. The van der Waals surface area contributed by atoms with Gasteiger partial charge in [-0.05, 0) is 18.8 Å². The van der Waals surface area contributed by atoms with Crippen LogP contribution in [-0.4, -0.2) is 87.2 Å². The molecule has 0 fully saturated rings. The number of aromatic nitrogens is 2. The first-order valence-corrected chi connectivity index (χ1v) is 11.5. The average molecular weight is 512 g/mol. The van der Waals surface area contributed by atoms with Crippen LogP contribution in [0.15, 0.2) is 17.5 Å². The smallest absolute Gasteiger partial charge is 0.328 e. The van der Waals surface area contributed by atoms with Gasteiger partial charge in [-0.25, -0.2) is 9.78 Å². The van der Waals surface area contributed by atoms with Crippen LogP contribution in [0, 0.1) is 5.92 Å². The van der Waals surface area contributed by atoms with Crippen molar-refractivity contribution in [3.63, 3.8) is 0 Å². The Bertz CT molecular complexity index is 888. The van der Waals surface area contributed by atoms with Crippen LogP contribution in [0.1, 0.15) is 38.8 Å². The summed E-state index contributed by atoms with van der Waals surface area (Å²) >= 11 is 0. The molecule has 1 aromatic rings. The fourth-order valence-corrected chi connectivity index (χ4v) is 3.16. The van der Waals surface area contributed by atoms with Gasteiger partial charge in [0, 0.05) is 24.9 Å². The van der Waals surface area contributed by atoms with Gasteiger partial charge >= 0.3 is 5.97 Å². The van der Waals surface area contributed by atoms with Crippen molar-refractivity contribution in [2.24, 2.45) is 28.1 Å². The topological polar surface area (TPSA) is 264 Å². The zero-order valence-electron chi connectivity index (χ0n) is 20.4. The molecule has 0 spiro atoms. The number of carboxylic acids is 1. The molecular weight excluding hydrogens is 474 g/mol. The molecule has 1 rings (SSSR count). The molecule has 3 amide bonds. The van der Waals surface area contributed by atoms with E-state index in [1.165, 1.54) is 12.5 Å². The van der Waals surface area contributed by atoms with Gasteiger partial charge in [0.1, 0.15) is 18.1 Å². The normalized spacial score (nSPS) is 15.0. The van der Waals surface area contributed by atoms with Crippen molar-refractivity contribution in [3.05, 3.63) is 18.2 Å². The van der Waals surface area contributed by atoms with Gasteiger partial charge in [0.15, 0.2) is 5.96 Å². The number of carboxylic acid groups (broad SMARTS) is 1. The predicted molar refractivity (Wildman–Crippen MR) is 130 cm³/mol. The molecule has 5 unspecified atom stereocenters. The number of aromatic amines is 1. The number of aliphatic hydroxyl groups excluding tert-OH is 1. The van der Waals surface area contributed by atoms with E-state index >= 15 is 0 Å². The summed E-state index contributed by atoms with van der Waals surface area (Å²) in [6, 6.07) is -4.70. The van der Waals surface area contributed by atoms with Gasteiger partial charge in [0.25, 0.3) is 0 Å². The average Bonchev–Trinajstić information content (AvgIpc) is 3.34. The summed E-state index contributed by atoms with van der Waals surface area (Å²) in [5.74, 6) is -3.85. The zero-order chi connectivity index (χ0) is 27.3. The number of aliphatic imine (C=N–C) groups is 1. The first kappa shape index (κ1) is 30.3. The van der Waals surface area contributed by atoms with Gasteiger partial charge in [-0.3, -0.25) is 19.4 Å². The number of nitrogens with two attached hydrogens (primary N) is 3.